The molecule has 0 aliphatic heterocycles. The Labute approximate surface area is 214 Å². The SMILES string of the molecule is CC(C)C(Nc1ccc(C(=O)CCCC(=O)O)cc1)c1ccc(-c2noc(-c3ccc(F)cc3)n2)cc1. The second kappa shape index (κ2) is 11.6. The van der Waals surface area contributed by atoms with Crippen molar-refractivity contribution in [2.75, 3.05) is 5.32 Å². The third-order valence-corrected chi connectivity index (χ3v) is 6.04. The summed E-state index contributed by atoms with van der Waals surface area (Å²) in [6, 6.07) is 21.1. The van der Waals surface area contributed by atoms with Crippen molar-refractivity contribution < 1.29 is 23.6 Å². The van der Waals surface area contributed by atoms with Crippen molar-refractivity contribution in [1.29, 1.82) is 0 Å². The number of carboxylic acids is 1. The third-order valence-electron chi connectivity index (χ3n) is 6.04. The number of nitrogens with one attached hydrogen (secondary N) is 1. The van der Waals surface area contributed by atoms with Crippen LogP contribution in [0.15, 0.2) is 77.3 Å². The van der Waals surface area contributed by atoms with E-state index in [1.165, 1.54) is 12.1 Å². The number of hydrogen-bond acceptors (Lipinski definition) is 6. The highest BCUT2D eigenvalue weighted by molar-refractivity contribution is 5.96. The molecule has 0 amide bonds. The first kappa shape index (κ1) is 25.8. The second-order valence-corrected chi connectivity index (χ2v) is 9.17. The Kier molecular flexibility index (Phi) is 8.08. The number of carbonyl (C=O) groups is 2. The average Bonchev–Trinajstić information content (AvgIpc) is 3.38. The van der Waals surface area contributed by atoms with Crippen LogP contribution in [0.1, 0.15) is 55.1 Å². The molecular formula is C29H28FN3O4. The first-order valence-electron chi connectivity index (χ1n) is 12.1. The molecule has 4 rings (SSSR count). The summed E-state index contributed by atoms with van der Waals surface area (Å²) in [6.45, 7) is 4.25. The number of rotatable bonds is 11. The van der Waals surface area contributed by atoms with Crippen LogP contribution in [0.25, 0.3) is 22.8 Å². The summed E-state index contributed by atoms with van der Waals surface area (Å²) in [6.07, 6.45) is 0.533. The maximum absolute atomic E-state index is 13.2. The van der Waals surface area contributed by atoms with Crippen molar-refractivity contribution in [3.05, 3.63) is 89.7 Å². The molecule has 0 bridgehead atoms. The molecular weight excluding hydrogens is 473 g/mol. The number of carbonyl (C=O) groups excluding carboxylic acids is 1. The fourth-order valence-corrected chi connectivity index (χ4v) is 4.00. The van der Waals surface area contributed by atoms with Gasteiger partial charge >= 0.3 is 5.97 Å². The minimum absolute atomic E-state index is 0.0115. The van der Waals surface area contributed by atoms with E-state index in [1.807, 2.05) is 36.4 Å². The van der Waals surface area contributed by atoms with Gasteiger partial charge in [0.1, 0.15) is 5.82 Å². The zero-order valence-electron chi connectivity index (χ0n) is 20.6. The summed E-state index contributed by atoms with van der Waals surface area (Å²) >= 11 is 0. The topological polar surface area (TPSA) is 105 Å². The first-order valence-corrected chi connectivity index (χ1v) is 12.1. The van der Waals surface area contributed by atoms with Crippen molar-refractivity contribution in [3.8, 4) is 22.8 Å². The van der Waals surface area contributed by atoms with Crippen LogP contribution < -0.4 is 5.32 Å². The molecule has 0 spiro atoms. The van der Waals surface area contributed by atoms with Gasteiger partial charge < -0.3 is 14.9 Å². The van der Waals surface area contributed by atoms with Gasteiger partial charge in [0.25, 0.3) is 5.89 Å². The normalized spacial score (nSPS) is 11.9. The Morgan fingerprint density at radius 3 is 2.19 bits per heavy atom. The highest BCUT2D eigenvalue weighted by Gasteiger charge is 2.17. The van der Waals surface area contributed by atoms with E-state index in [0.717, 1.165) is 16.8 Å². The van der Waals surface area contributed by atoms with Crippen molar-refractivity contribution >= 4 is 17.4 Å². The van der Waals surface area contributed by atoms with Gasteiger partial charge in [0.15, 0.2) is 5.78 Å². The lowest BCUT2D eigenvalue weighted by atomic mass is 9.94. The van der Waals surface area contributed by atoms with Crippen LogP contribution in [0.3, 0.4) is 0 Å². The van der Waals surface area contributed by atoms with Crippen LogP contribution in [0.2, 0.25) is 0 Å². The molecule has 0 saturated carbocycles. The summed E-state index contributed by atoms with van der Waals surface area (Å²) in [4.78, 5) is 27.4. The average molecular weight is 502 g/mol. The van der Waals surface area contributed by atoms with Crippen LogP contribution in [0.5, 0.6) is 0 Å². The van der Waals surface area contributed by atoms with Gasteiger partial charge in [-0.2, -0.15) is 4.98 Å². The lowest BCUT2D eigenvalue weighted by Crippen LogP contribution is -2.16. The minimum Gasteiger partial charge on any atom is -0.481 e. The van der Waals surface area contributed by atoms with E-state index in [-0.39, 0.29) is 36.4 Å². The summed E-state index contributed by atoms with van der Waals surface area (Å²) in [5.74, 6) is -0.239. The Hall–Kier alpha value is -4.33. The molecule has 0 aliphatic carbocycles. The maximum Gasteiger partial charge on any atom is 0.303 e. The molecule has 1 heterocycles. The summed E-state index contributed by atoms with van der Waals surface area (Å²) < 4.78 is 18.5. The van der Waals surface area contributed by atoms with Crippen LogP contribution in [-0.2, 0) is 4.79 Å². The van der Waals surface area contributed by atoms with Crippen LogP contribution in [0.4, 0.5) is 10.1 Å². The molecule has 37 heavy (non-hydrogen) atoms. The van der Waals surface area contributed by atoms with Gasteiger partial charge in [0.05, 0.1) is 6.04 Å². The summed E-state index contributed by atoms with van der Waals surface area (Å²) in [5, 5.41) is 16.3. The van der Waals surface area contributed by atoms with E-state index in [0.29, 0.717) is 29.3 Å². The predicted octanol–water partition coefficient (Wildman–Crippen LogP) is 6.79. The van der Waals surface area contributed by atoms with Gasteiger partial charge in [0.2, 0.25) is 5.82 Å². The number of halogens is 1. The molecule has 0 aliphatic rings. The molecule has 7 nitrogen and oxygen atoms in total. The van der Waals surface area contributed by atoms with Crippen molar-refractivity contribution in [2.45, 2.75) is 39.2 Å². The molecule has 2 N–H and O–H groups in total. The summed E-state index contributed by atoms with van der Waals surface area (Å²) in [7, 11) is 0. The van der Waals surface area contributed by atoms with Gasteiger partial charge in [-0.15, -0.1) is 0 Å². The Balaban J connectivity index is 1.43. The lowest BCUT2D eigenvalue weighted by Gasteiger charge is -2.24. The Bertz CT molecular complexity index is 1350. The number of hydrogen-bond donors (Lipinski definition) is 2. The number of aliphatic carboxylic acids is 1. The number of carboxylic acid groups (broad SMARTS) is 1. The Morgan fingerprint density at radius 2 is 1.57 bits per heavy atom. The molecule has 0 fully saturated rings. The van der Waals surface area contributed by atoms with Gasteiger partial charge in [-0.1, -0.05) is 43.3 Å². The van der Waals surface area contributed by atoms with E-state index in [2.05, 4.69) is 29.3 Å². The zero-order valence-corrected chi connectivity index (χ0v) is 20.6. The number of nitrogens with zero attached hydrogens (tertiary/aromatic N) is 2. The van der Waals surface area contributed by atoms with Gasteiger partial charge in [-0.05, 0) is 66.4 Å². The summed E-state index contributed by atoms with van der Waals surface area (Å²) in [5.41, 5.74) is 3.98. The van der Waals surface area contributed by atoms with Gasteiger partial charge in [-0.3, -0.25) is 9.59 Å². The molecule has 4 aromatic rings. The first-order chi connectivity index (χ1) is 17.8. The number of Topliss-reactive ketones (excluding diaryl/α,β-unsaturated/α-hetero) is 1. The zero-order chi connectivity index (χ0) is 26.4. The van der Waals surface area contributed by atoms with Crippen LogP contribution in [-0.4, -0.2) is 27.0 Å². The van der Waals surface area contributed by atoms with Crippen LogP contribution in [0, 0.1) is 11.7 Å². The smallest absolute Gasteiger partial charge is 0.303 e. The number of aromatic nitrogens is 2. The van der Waals surface area contributed by atoms with Crippen LogP contribution >= 0.6 is 0 Å². The molecule has 3 aromatic carbocycles. The lowest BCUT2D eigenvalue weighted by molar-refractivity contribution is -0.137. The van der Waals surface area contributed by atoms with E-state index in [4.69, 9.17) is 9.63 Å². The fourth-order valence-electron chi connectivity index (χ4n) is 4.00. The molecule has 190 valence electrons. The quantitative estimate of drug-likeness (QED) is 0.218. The molecule has 8 heteroatoms. The number of anilines is 1. The highest BCUT2D eigenvalue weighted by Crippen LogP contribution is 2.29. The predicted molar refractivity (Wildman–Crippen MR) is 139 cm³/mol. The molecule has 0 radical (unpaired) electrons. The monoisotopic (exact) mass is 501 g/mol. The van der Waals surface area contributed by atoms with Gasteiger partial charge in [-0.25, -0.2) is 4.39 Å². The Morgan fingerprint density at radius 1 is 0.919 bits per heavy atom. The standard InChI is InChI=1S/C29H28FN3O4/c1-18(2)27(31-24-16-12-19(13-17-24)25(34)4-3-5-26(35)36)20-6-8-21(9-7-20)28-32-29(37-33-28)22-10-14-23(30)15-11-22/h6-18,27,31H,3-5H2,1-2H3,(H,35,36). The fraction of sp³-hybridized carbons (Fsp3) is 0.241. The maximum atomic E-state index is 13.2. The second-order valence-electron chi connectivity index (χ2n) is 9.17. The minimum atomic E-state index is -0.896. The number of ketones is 1. The van der Waals surface area contributed by atoms with E-state index in [1.54, 1.807) is 24.3 Å². The molecule has 1 aromatic heterocycles. The van der Waals surface area contributed by atoms with E-state index >= 15 is 0 Å². The van der Waals surface area contributed by atoms with Crippen molar-refractivity contribution in [2.24, 2.45) is 5.92 Å². The number of benzene rings is 3. The van der Waals surface area contributed by atoms with Crippen molar-refractivity contribution in [1.82, 2.24) is 10.1 Å². The van der Waals surface area contributed by atoms with E-state index < -0.39 is 5.97 Å². The van der Waals surface area contributed by atoms with E-state index in [9.17, 15) is 14.0 Å². The largest absolute Gasteiger partial charge is 0.481 e. The molecule has 0 saturated heterocycles. The van der Waals surface area contributed by atoms with Gasteiger partial charge in [0, 0.05) is 35.2 Å². The highest BCUT2D eigenvalue weighted by atomic mass is 19.1. The molecule has 1 atom stereocenters. The molecule has 1 unspecified atom stereocenters. The van der Waals surface area contributed by atoms with Crippen molar-refractivity contribution in [3.63, 3.8) is 0 Å². The third kappa shape index (κ3) is 6.67.